The van der Waals surface area contributed by atoms with Crippen molar-refractivity contribution in [1.82, 2.24) is 0 Å². The van der Waals surface area contributed by atoms with Gasteiger partial charge in [-0.1, -0.05) is 5.92 Å². The van der Waals surface area contributed by atoms with Crippen LogP contribution in [0.1, 0.15) is 6.42 Å². The molecule has 4 heteroatoms. The van der Waals surface area contributed by atoms with E-state index in [0.717, 1.165) is 0 Å². The van der Waals surface area contributed by atoms with Crippen LogP contribution in [0.2, 0.25) is 0 Å². The van der Waals surface area contributed by atoms with Crippen LogP contribution in [0.3, 0.4) is 0 Å². The van der Waals surface area contributed by atoms with E-state index in [1.165, 1.54) is 0 Å². The largest absolute Gasteiger partial charge is 0.449 e. The molecule has 0 saturated carbocycles. The average Bonchev–Trinajstić information content (AvgIpc) is 2.30. The molecule has 0 bridgehead atoms. The maximum Gasteiger partial charge on any atom is 0.307 e. The summed E-state index contributed by atoms with van der Waals surface area (Å²) in [5.74, 6) is 0.244. The molecule has 2 unspecified atom stereocenters. The molecule has 0 aromatic rings. The zero-order valence-electron chi connectivity index (χ0n) is 5.59. The predicted octanol–water partition coefficient (Wildman–Crippen LogP) is 0.816. The highest BCUT2D eigenvalue weighted by atomic mass is 19.3. The van der Waals surface area contributed by atoms with Crippen molar-refractivity contribution < 1.29 is 18.3 Å². The SMILES string of the molecule is C#CC1OC(=O)CC1C(F)F. The summed E-state index contributed by atoms with van der Waals surface area (Å²) < 4.78 is 28.5. The van der Waals surface area contributed by atoms with E-state index in [2.05, 4.69) is 4.74 Å². The fourth-order valence-electron chi connectivity index (χ4n) is 0.955. The number of alkyl halides is 2. The molecule has 2 atom stereocenters. The Morgan fingerprint density at radius 1 is 1.73 bits per heavy atom. The van der Waals surface area contributed by atoms with Gasteiger partial charge >= 0.3 is 5.97 Å². The first-order valence-electron chi connectivity index (χ1n) is 3.09. The lowest BCUT2D eigenvalue weighted by atomic mass is 10.0. The third kappa shape index (κ3) is 1.48. The highest BCUT2D eigenvalue weighted by Gasteiger charge is 2.39. The zero-order valence-corrected chi connectivity index (χ0v) is 5.59. The molecule has 1 rings (SSSR count). The summed E-state index contributed by atoms with van der Waals surface area (Å²) in [6.07, 6.45) is 0.972. The number of carbonyl (C=O) groups is 1. The summed E-state index contributed by atoms with van der Waals surface area (Å²) in [6.45, 7) is 0. The second-order valence-corrected chi connectivity index (χ2v) is 2.28. The first-order chi connectivity index (χ1) is 5.15. The van der Waals surface area contributed by atoms with Crippen LogP contribution in [-0.4, -0.2) is 18.5 Å². The van der Waals surface area contributed by atoms with Crippen LogP contribution in [0.5, 0.6) is 0 Å². The van der Waals surface area contributed by atoms with E-state index in [9.17, 15) is 13.6 Å². The molecule has 0 aromatic carbocycles. The quantitative estimate of drug-likeness (QED) is 0.419. The summed E-state index contributed by atoms with van der Waals surface area (Å²) >= 11 is 0. The van der Waals surface area contributed by atoms with Gasteiger partial charge < -0.3 is 4.74 Å². The maximum absolute atomic E-state index is 12.0. The number of terminal acetylenes is 1. The molecule has 1 saturated heterocycles. The standard InChI is InChI=1S/C7H6F2O2/c1-2-5-4(7(8)9)3-6(10)11-5/h1,4-5,7H,3H2. The third-order valence-electron chi connectivity index (χ3n) is 1.54. The minimum absolute atomic E-state index is 0.271. The van der Waals surface area contributed by atoms with Crippen molar-refractivity contribution in [3.63, 3.8) is 0 Å². The molecule has 11 heavy (non-hydrogen) atoms. The van der Waals surface area contributed by atoms with Crippen LogP contribution >= 0.6 is 0 Å². The predicted molar refractivity (Wildman–Crippen MR) is 32.8 cm³/mol. The molecule has 60 valence electrons. The monoisotopic (exact) mass is 160 g/mol. The van der Waals surface area contributed by atoms with Gasteiger partial charge in [0.15, 0.2) is 6.10 Å². The molecule has 1 heterocycles. The van der Waals surface area contributed by atoms with E-state index >= 15 is 0 Å². The Labute approximate surface area is 62.5 Å². The van der Waals surface area contributed by atoms with Crippen molar-refractivity contribution in [2.24, 2.45) is 5.92 Å². The Balaban J connectivity index is 2.66. The number of halogens is 2. The summed E-state index contributed by atoms with van der Waals surface area (Å²) in [7, 11) is 0. The van der Waals surface area contributed by atoms with Crippen molar-refractivity contribution in [1.29, 1.82) is 0 Å². The third-order valence-corrected chi connectivity index (χ3v) is 1.54. The molecule has 0 N–H and O–H groups in total. The van der Waals surface area contributed by atoms with Gasteiger partial charge in [-0.2, -0.15) is 0 Å². The maximum atomic E-state index is 12.0. The fourth-order valence-corrected chi connectivity index (χ4v) is 0.955. The average molecular weight is 160 g/mol. The van der Waals surface area contributed by atoms with Gasteiger partial charge in [-0.05, 0) is 0 Å². The number of hydrogen-bond acceptors (Lipinski definition) is 2. The number of ether oxygens (including phenoxy) is 1. The van der Waals surface area contributed by atoms with Crippen LogP contribution in [0.4, 0.5) is 8.78 Å². The lowest BCUT2D eigenvalue weighted by Crippen LogP contribution is -2.20. The highest BCUT2D eigenvalue weighted by Crippen LogP contribution is 2.27. The molecule has 0 aliphatic carbocycles. The van der Waals surface area contributed by atoms with E-state index in [1.54, 1.807) is 0 Å². The Morgan fingerprint density at radius 2 is 2.36 bits per heavy atom. The topological polar surface area (TPSA) is 26.3 Å². The zero-order chi connectivity index (χ0) is 8.43. The van der Waals surface area contributed by atoms with E-state index < -0.39 is 24.4 Å². The number of cyclic esters (lactones) is 1. The van der Waals surface area contributed by atoms with Crippen LogP contribution < -0.4 is 0 Å². The minimum Gasteiger partial charge on any atom is -0.449 e. The van der Waals surface area contributed by atoms with Gasteiger partial charge in [0.05, 0.1) is 12.3 Å². The van der Waals surface area contributed by atoms with Gasteiger partial charge in [0, 0.05) is 0 Å². The minimum atomic E-state index is -2.58. The number of carbonyl (C=O) groups excluding carboxylic acids is 1. The number of rotatable bonds is 1. The van der Waals surface area contributed by atoms with Gasteiger partial charge in [-0.15, -0.1) is 6.42 Å². The highest BCUT2D eigenvalue weighted by molar-refractivity contribution is 5.72. The van der Waals surface area contributed by atoms with E-state index in [-0.39, 0.29) is 6.42 Å². The van der Waals surface area contributed by atoms with Crippen molar-refractivity contribution >= 4 is 5.97 Å². The molecule has 1 aliphatic heterocycles. The second-order valence-electron chi connectivity index (χ2n) is 2.28. The van der Waals surface area contributed by atoms with Crippen LogP contribution in [0, 0.1) is 18.3 Å². The van der Waals surface area contributed by atoms with Crippen LogP contribution in [-0.2, 0) is 9.53 Å². The van der Waals surface area contributed by atoms with E-state index in [1.807, 2.05) is 5.92 Å². The normalized spacial score (nSPS) is 30.2. The van der Waals surface area contributed by atoms with Gasteiger partial charge in [-0.25, -0.2) is 8.78 Å². The first kappa shape index (κ1) is 7.99. The number of hydrogen-bond donors (Lipinski definition) is 0. The Hall–Kier alpha value is -1.11. The molecule has 0 aromatic heterocycles. The Kier molecular flexibility index (Phi) is 2.08. The van der Waals surface area contributed by atoms with Crippen molar-refractivity contribution in [3.8, 4) is 12.3 Å². The van der Waals surface area contributed by atoms with E-state index in [4.69, 9.17) is 6.42 Å². The molecule has 0 radical (unpaired) electrons. The number of esters is 1. The fraction of sp³-hybridized carbons (Fsp3) is 0.571. The summed E-state index contributed by atoms with van der Waals surface area (Å²) in [5, 5.41) is 0. The lowest BCUT2D eigenvalue weighted by Gasteiger charge is -2.09. The van der Waals surface area contributed by atoms with E-state index in [0.29, 0.717) is 0 Å². The lowest BCUT2D eigenvalue weighted by molar-refractivity contribution is -0.139. The van der Waals surface area contributed by atoms with Gasteiger partial charge in [-0.3, -0.25) is 4.79 Å². The smallest absolute Gasteiger partial charge is 0.307 e. The Morgan fingerprint density at radius 3 is 2.73 bits per heavy atom. The molecule has 0 amide bonds. The second kappa shape index (κ2) is 2.87. The van der Waals surface area contributed by atoms with Gasteiger partial charge in [0.2, 0.25) is 6.43 Å². The Bertz CT molecular complexity index is 207. The summed E-state index contributed by atoms with van der Waals surface area (Å²) in [6, 6.07) is 0. The summed E-state index contributed by atoms with van der Waals surface area (Å²) in [5.41, 5.74) is 0. The summed E-state index contributed by atoms with van der Waals surface area (Å²) in [4.78, 5) is 10.5. The molecular weight excluding hydrogens is 154 g/mol. The van der Waals surface area contributed by atoms with Crippen LogP contribution in [0.15, 0.2) is 0 Å². The first-order valence-corrected chi connectivity index (χ1v) is 3.09. The van der Waals surface area contributed by atoms with Crippen molar-refractivity contribution in [3.05, 3.63) is 0 Å². The molecular formula is C7H6F2O2. The van der Waals surface area contributed by atoms with Crippen molar-refractivity contribution in [2.45, 2.75) is 19.0 Å². The van der Waals surface area contributed by atoms with Gasteiger partial charge in [0.1, 0.15) is 0 Å². The van der Waals surface area contributed by atoms with Crippen molar-refractivity contribution in [2.75, 3.05) is 0 Å². The molecule has 0 spiro atoms. The van der Waals surface area contributed by atoms with Gasteiger partial charge in [0.25, 0.3) is 0 Å². The molecule has 1 fully saturated rings. The molecule has 1 aliphatic rings. The molecule has 2 nitrogen and oxygen atoms in total. The van der Waals surface area contributed by atoms with Crippen LogP contribution in [0.25, 0.3) is 0 Å².